The molecule has 0 unspecified atom stereocenters. The van der Waals surface area contributed by atoms with Gasteiger partial charge in [0.15, 0.2) is 0 Å². The van der Waals surface area contributed by atoms with Gasteiger partial charge in [-0.1, -0.05) is 0 Å². The lowest BCUT2D eigenvalue weighted by Gasteiger charge is -1.93. The van der Waals surface area contributed by atoms with Gasteiger partial charge in [-0.05, 0) is 13.3 Å². The molecule has 0 bridgehead atoms. The highest BCUT2D eigenvalue weighted by molar-refractivity contribution is 5.75. The molecule has 0 spiro atoms. The van der Waals surface area contributed by atoms with Crippen LogP contribution in [0.25, 0.3) is 0 Å². The van der Waals surface area contributed by atoms with E-state index in [9.17, 15) is 9.59 Å². The quantitative estimate of drug-likeness (QED) is 0.402. The minimum absolute atomic E-state index is 0.129. The van der Waals surface area contributed by atoms with Crippen LogP contribution in [0.15, 0.2) is 0 Å². The molecule has 0 radical (unpaired) electrons. The second-order valence-corrected chi connectivity index (χ2v) is 1.77. The Balaban J connectivity index is 2.91. The number of carbonyl (C=O) groups is 2. The van der Waals surface area contributed by atoms with Gasteiger partial charge in [-0.15, -0.1) is 0 Å². The summed E-state index contributed by atoms with van der Waals surface area (Å²) < 4.78 is 4.35. The minimum Gasteiger partial charge on any atom is -0.468 e. The first-order valence-electron chi connectivity index (χ1n) is 2.82. The van der Waals surface area contributed by atoms with Crippen molar-refractivity contribution in [2.24, 2.45) is 0 Å². The number of hydrogen-bond acceptors (Lipinski definition) is 3. The summed E-state index contributed by atoms with van der Waals surface area (Å²) in [5.41, 5.74) is 0. The summed E-state index contributed by atoms with van der Waals surface area (Å²) in [4.78, 5) is 19.8. The van der Waals surface area contributed by atoms with Crippen LogP contribution in [0, 0.1) is 0 Å². The van der Waals surface area contributed by atoms with E-state index in [4.69, 9.17) is 0 Å². The van der Waals surface area contributed by atoms with Crippen LogP contribution in [0.1, 0.15) is 19.8 Å². The van der Waals surface area contributed by atoms with E-state index >= 15 is 0 Å². The Bertz CT molecular complexity index is 98.5. The van der Waals surface area contributed by atoms with E-state index in [0.29, 0.717) is 25.9 Å². The lowest BCUT2D eigenvalue weighted by atomic mass is 10.2. The maximum Gasteiger partial charge on any atom is 0.293 e. The van der Waals surface area contributed by atoms with Crippen molar-refractivity contribution in [2.75, 3.05) is 6.61 Å². The summed E-state index contributed by atoms with van der Waals surface area (Å²) in [5.74, 6) is 0.129. The summed E-state index contributed by atoms with van der Waals surface area (Å²) in [6.07, 6.45) is 1.13. The average molecular weight is 130 g/mol. The van der Waals surface area contributed by atoms with Gasteiger partial charge < -0.3 is 9.53 Å². The molecule has 0 aliphatic rings. The predicted octanol–water partition coefficient (Wildman–Crippen LogP) is 0.529. The normalized spacial score (nSPS) is 8.56. The highest BCUT2D eigenvalue weighted by atomic mass is 16.5. The van der Waals surface area contributed by atoms with Gasteiger partial charge in [0.25, 0.3) is 6.47 Å². The van der Waals surface area contributed by atoms with Gasteiger partial charge in [-0.25, -0.2) is 0 Å². The molecular weight excluding hydrogens is 120 g/mol. The fourth-order valence-corrected chi connectivity index (χ4v) is 0.453. The molecule has 0 aliphatic heterocycles. The topological polar surface area (TPSA) is 43.4 Å². The summed E-state index contributed by atoms with van der Waals surface area (Å²) in [6, 6.07) is 0. The van der Waals surface area contributed by atoms with Gasteiger partial charge in [0.1, 0.15) is 5.78 Å². The zero-order valence-corrected chi connectivity index (χ0v) is 5.42. The molecule has 0 atom stereocenters. The highest BCUT2D eigenvalue weighted by Crippen LogP contribution is 1.88. The van der Waals surface area contributed by atoms with Crippen LogP contribution in [0.2, 0.25) is 0 Å². The molecule has 0 aromatic heterocycles. The third-order valence-corrected chi connectivity index (χ3v) is 0.859. The number of rotatable bonds is 5. The third-order valence-electron chi connectivity index (χ3n) is 0.859. The van der Waals surface area contributed by atoms with E-state index in [0.717, 1.165) is 0 Å². The second-order valence-electron chi connectivity index (χ2n) is 1.77. The number of hydrogen-bond donors (Lipinski definition) is 0. The van der Waals surface area contributed by atoms with Gasteiger partial charge in [0.2, 0.25) is 0 Å². The zero-order valence-electron chi connectivity index (χ0n) is 5.42. The smallest absolute Gasteiger partial charge is 0.293 e. The van der Waals surface area contributed by atoms with Crippen molar-refractivity contribution in [3.05, 3.63) is 0 Å². The van der Waals surface area contributed by atoms with Crippen LogP contribution in [0.3, 0.4) is 0 Å². The Morgan fingerprint density at radius 2 is 2.33 bits per heavy atom. The molecule has 0 amide bonds. The van der Waals surface area contributed by atoms with Crippen molar-refractivity contribution < 1.29 is 14.3 Å². The van der Waals surface area contributed by atoms with Crippen molar-refractivity contribution >= 4 is 12.3 Å². The first-order valence-corrected chi connectivity index (χ1v) is 2.82. The molecular formula is C6H10O3. The van der Waals surface area contributed by atoms with E-state index in [1.807, 2.05) is 0 Å². The van der Waals surface area contributed by atoms with Crippen LogP contribution in [0.4, 0.5) is 0 Å². The maximum absolute atomic E-state index is 10.3. The molecule has 3 heteroatoms. The largest absolute Gasteiger partial charge is 0.468 e. The number of carbonyl (C=O) groups excluding carboxylic acids is 2. The van der Waals surface area contributed by atoms with E-state index in [-0.39, 0.29) is 5.78 Å². The Hall–Kier alpha value is -0.860. The Morgan fingerprint density at radius 3 is 2.78 bits per heavy atom. The average Bonchev–Trinajstić information content (AvgIpc) is 1.80. The van der Waals surface area contributed by atoms with Gasteiger partial charge in [0, 0.05) is 6.42 Å². The van der Waals surface area contributed by atoms with Gasteiger partial charge in [0.05, 0.1) is 6.61 Å². The molecule has 0 aromatic carbocycles. The first kappa shape index (κ1) is 8.14. The van der Waals surface area contributed by atoms with Crippen LogP contribution >= 0.6 is 0 Å². The molecule has 0 saturated carbocycles. The standard InChI is InChI=1S/C6H10O3/c1-6(8)3-2-4-9-5-7/h5H,2-4H2,1H3. The number of ketones is 1. The van der Waals surface area contributed by atoms with E-state index < -0.39 is 0 Å². The minimum atomic E-state index is 0.129. The second kappa shape index (κ2) is 5.28. The number of ether oxygens (including phenoxy) is 1. The molecule has 3 nitrogen and oxygen atoms in total. The molecule has 0 N–H and O–H groups in total. The summed E-state index contributed by atoms with van der Waals surface area (Å²) >= 11 is 0. The van der Waals surface area contributed by atoms with Gasteiger partial charge in [-0.3, -0.25) is 4.79 Å². The van der Waals surface area contributed by atoms with E-state index in [1.54, 1.807) is 0 Å². The lowest BCUT2D eigenvalue weighted by molar-refractivity contribution is -0.129. The predicted molar refractivity (Wildman–Crippen MR) is 31.9 cm³/mol. The van der Waals surface area contributed by atoms with Crippen LogP contribution in [-0.4, -0.2) is 18.9 Å². The number of Topliss-reactive ketones (excluding diaryl/α,β-unsaturated/α-hetero) is 1. The molecule has 0 fully saturated rings. The fourth-order valence-electron chi connectivity index (χ4n) is 0.453. The molecule has 9 heavy (non-hydrogen) atoms. The van der Waals surface area contributed by atoms with Crippen LogP contribution in [0.5, 0.6) is 0 Å². The summed E-state index contributed by atoms with van der Waals surface area (Å²) in [7, 11) is 0. The zero-order chi connectivity index (χ0) is 7.11. The molecule has 0 rings (SSSR count). The monoisotopic (exact) mass is 130 g/mol. The van der Waals surface area contributed by atoms with E-state index in [2.05, 4.69) is 4.74 Å². The lowest BCUT2D eigenvalue weighted by Crippen LogP contribution is -1.95. The molecule has 0 saturated heterocycles. The van der Waals surface area contributed by atoms with Crippen molar-refractivity contribution in [3.63, 3.8) is 0 Å². The van der Waals surface area contributed by atoms with Crippen molar-refractivity contribution in [1.82, 2.24) is 0 Å². The van der Waals surface area contributed by atoms with Crippen LogP contribution < -0.4 is 0 Å². The van der Waals surface area contributed by atoms with Crippen molar-refractivity contribution in [1.29, 1.82) is 0 Å². The van der Waals surface area contributed by atoms with Gasteiger partial charge in [-0.2, -0.15) is 0 Å². The molecule has 0 aromatic rings. The molecule has 0 aliphatic carbocycles. The summed E-state index contributed by atoms with van der Waals surface area (Å²) in [5, 5.41) is 0. The van der Waals surface area contributed by atoms with Gasteiger partial charge >= 0.3 is 0 Å². The third kappa shape index (κ3) is 7.14. The fraction of sp³-hybridized carbons (Fsp3) is 0.667. The van der Waals surface area contributed by atoms with E-state index in [1.165, 1.54) is 6.92 Å². The Labute approximate surface area is 54.0 Å². The maximum atomic E-state index is 10.3. The Kier molecular flexibility index (Phi) is 4.78. The SMILES string of the molecule is CC(=O)CCCOC=O. The first-order chi connectivity index (χ1) is 4.27. The van der Waals surface area contributed by atoms with Crippen molar-refractivity contribution in [2.45, 2.75) is 19.8 Å². The van der Waals surface area contributed by atoms with Crippen LogP contribution in [-0.2, 0) is 14.3 Å². The van der Waals surface area contributed by atoms with Crippen molar-refractivity contribution in [3.8, 4) is 0 Å². The molecule has 52 valence electrons. The summed E-state index contributed by atoms with van der Waals surface area (Å²) in [6.45, 7) is 2.25. The Morgan fingerprint density at radius 1 is 1.67 bits per heavy atom. The molecule has 0 heterocycles. The highest BCUT2D eigenvalue weighted by Gasteiger charge is 1.91.